The van der Waals surface area contributed by atoms with Gasteiger partial charge in [0.05, 0.1) is 16.6 Å². The Morgan fingerprint density at radius 2 is 1.77 bits per heavy atom. The molecule has 2 aromatic heterocycles. The maximum Gasteiger partial charge on any atom is 0.254 e. The first-order chi connectivity index (χ1) is 14.2. The van der Waals surface area contributed by atoms with Crippen molar-refractivity contribution in [2.45, 2.75) is 18.7 Å². The van der Waals surface area contributed by atoms with Crippen LogP contribution in [0.15, 0.2) is 35.2 Å². The standard InChI is InChI=1S/C20H22FN5O3S/c1-13-12-15(18-14(2)23-24(3)19(18)22-13)20(27)25-8-10-26(11-9-25)30(28,29)17-7-5-4-6-16(17)21/h4-7,12H,8-11H2,1-3H3. The van der Waals surface area contributed by atoms with Crippen molar-refractivity contribution in [3.05, 3.63) is 53.1 Å². The fourth-order valence-corrected chi connectivity index (χ4v) is 5.32. The van der Waals surface area contributed by atoms with Gasteiger partial charge in [0.1, 0.15) is 10.7 Å². The lowest BCUT2D eigenvalue weighted by Crippen LogP contribution is -2.50. The molecule has 4 rings (SSSR count). The smallest absolute Gasteiger partial charge is 0.254 e. The van der Waals surface area contributed by atoms with Crippen LogP contribution in [0.4, 0.5) is 4.39 Å². The SMILES string of the molecule is Cc1cc(C(=O)N2CCN(S(=O)(=O)c3ccccc3F)CC2)c2c(C)nn(C)c2n1. The van der Waals surface area contributed by atoms with E-state index in [-0.39, 0.29) is 37.0 Å². The number of rotatable bonds is 3. The number of benzene rings is 1. The number of aryl methyl sites for hydroxylation is 3. The van der Waals surface area contributed by atoms with Crippen LogP contribution in [0.3, 0.4) is 0 Å². The van der Waals surface area contributed by atoms with Gasteiger partial charge in [0.15, 0.2) is 5.65 Å². The van der Waals surface area contributed by atoms with Crippen molar-refractivity contribution in [3.63, 3.8) is 0 Å². The zero-order chi connectivity index (χ0) is 21.6. The molecule has 1 amide bonds. The second-order valence-corrected chi connectivity index (χ2v) is 9.25. The van der Waals surface area contributed by atoms with Gasteiger partial charge in [-0.1, -0.05) is 12.1 Å². The molecule has 0 atom stereocenters. The minimum atomic E-state index is -3.95. The molecule has 0 aliphatic carbocycles. The summed E-state index contributed by atoms with van der Waals surface area (Å²) in [6.07, 6.45) is 0. The van der Waals surface area contributed by atoms with Gasteiger partial charge in [-0.15, -0.1) is 0 Å². The Kier molecular flexibility index (Phi) is 5.07. The highest BCUT2D eigenvalue weighted by Gasteiger charge is 2.32. The molecule has 0 bridgehead atoms. The summed E-state index contributed by atoms with van der Waals surface area (Å²) in [4.78, 5) is 19.0. The van der Waals surface area contributed by atoms with Crippen LogP contribution in [-0.2, 0) is 17.1 Å². The molecular formula is C20H22FN5O3S. The first kappa shape index (κ1) is 20.4. The second-order valence-electron chi connectivity index (χ2n) is 7.35. The van der Waals surface area contributed by atoms with Crippen molar-refractivity contribution in [3.8, 4) is 0 Å². The predicted molar refractivity (Wildman–Crippen MR) is 109 cm³/mol. The van der Waals surface area contributed by atoms with E-state index in [0.29, 0.717) is 28.0 Å². The number of fused-ring (bicyclic) bond motifs is 1. The van der Waals surface area contributed by atoms with Gasteiger partial charge in [0, 0.05) is 38.9 Å². The summed E-state index contributed by atoms with van der Waals surface area (Å²) >= 11 is 0. The summed E-state index contributed by atoms with van der Waals surface area (Å²) in [5.74, 6) is -0.970. The predicted octanol–water partition coefficient (Wildman–Crippen LogP) is 1.87. The molecule has 0 N–H and O–H groups in total. The summed E-state index contributed by atoms with van der Waals surface area (Å²) < 4.78 is 42.4. The van der Waals surface area contributed by atoms with Crippen molar-refractivity contribution in [1.82, 2.24) is 24.0 Å². The Hall–Kier alpha value is -2.85. The summed E-state index contributed by atoms with van der Waals surface area (Å²) in [6.45, 7) is 4.28. The molecule has 0 spiro atoms. The molecule has 0 radical (unpaired) electrons. The molecule has 1 fully saturated rings. The first-order valence-electron chi connectivity index (χ1n) is 9.55. The molecule has 0 unspecified atom stereocenters. The lowest BCUT2D eigenvalue weighted by Gasteiger charge is -2.34. The summed E-state index contributed by atoms with van der Waals surface area (Å²) in [6, 6.07) is 7.05. The Balaban J connectivity index is 1.58. The quantitative estimate of drug-likeness (QED) is 0.632. The molecule has 10 heteroatoms. The van der Waals surface area contributed by atoms with Gasteiger partial charge in [-0.2, -0.15) is 9.40 Å². The zero-order valence-corrected chi connectivity index (χ0v) is 17.8. The highest BCUT2D eigenvalue weighted by Crippen LogP contribution is 2.25. The van der Waals surface area contributed by atoms with Gasteiger partial charge in [0.2, 0.25) is 10.0 Å². The Labute approximate surface area is 174 Å². The molecule has 1 aliphatic heterocycles. The van der Waals surface area contributed by atoms with E-state index in [0.717, 1.165) is 6.07 Å². The average Bonchev–Trinajstić information content (AvgIpc) is 3.00. The fourth-order valence-electron chi connectivity index (χ4n) is 3.83. The number of hydrogen-bond donors (Lipinski definition) is 0. The molecule has 8 nitrogen and oxygen atoms in total. The lowest BCUT2D eigenvalue weighted by atomic mass is 10.1. The van der Waals surface area contributed by atoms with E-state index in [2.05, 4.69) is 10.1 Å². The molecule has 30 heavy (non-hydrogen) atoms. The van der Waals surface area contributed by atoms with Crippen LogP contribution >= 0.6 is 0 Å². The van der Waals surface area contributed by atoms with Gasteiger partial charge in [0.25, 0.3) is 5.91 Å². The van der Waals surface area contributed by atoms with Gasteiger partial charge in [-0.05, 0) is 32.0 Å². The summed E-state index contributed by atoms with van der Waals surface area (Å²) in [5.41, 5.74) is 2.56. The third-order valence-electron chi connectivity index (χ3n) is 5.31. The zero-order valence-electron chi connectivity index (χ0n) is 17.0. The highest BCUT2D eigenvalue weighted by molar-refractivity contribution is 7.89. The minimum Gasteiger partial charge on any atom is -0.336 e. The average molecular weight is 431 g/mol. The molecule has 3 heterocycles. The molecule has 3 aromatic rings. The number of carbonyl (C=O) groups is 1. The van der Waals surface area contributed by atoms with E-state index in [1.807, 2.05) is 13.8 Å². The fraction of sp³-hybridized carbons (Fsp3) is 0.350. The molecule has 158 valence electrons. The first-order valence-corrected chi connectivity index (χ1v) is 11.0. The van der Waals surface area contributed by atoms with Crippen LogP contribution in [0, 0.1) is 19.7 Å². The van der Waals surface area contributed by atoms with Crippen molar-refractivity contribution < 1.29 is 17.6 Å². The van der Waals surface area contributed by atoms with E-state index in [9.17, 15) is 17.6 Å². The number of nitrogens with zero attached hydrogens (tertiary/aromatic N) is 5. The van der Waals surface area contributed by atoms with Crippen molar-refractivity contribution in [2.75, 3.05) is 26.2 Å². The van der Waals surface area contributed by atoms with Crippen molar-refractivity contribution >= 4 is 27.0 Å². The molecule has 1 aromatic carbocycles. The Bertz CT molecular complexity index is 1250. The van der Waals surface area contributed by atoms with E-state index >= 15 is 0 Å². The molecular weight excluding hydrogens is 409 g/mol. The van der Waals surface area contributed by atoms with Crippen LogP contribution in [0.25, 0.3) is 11.0 Å². The van der Waals surface area contributed by atoms with E-state index in [1.54, 1.807) is 22.7 Å². The molecule has 1 aliphatic rings. The van der Waals surface area contributed by atoms with Crippen LogP contribution in [-0.4, -0.2) is 64.5 Å². The minimum absolute atomic E-state index is 0.0988. The normalized spacial score (nSPS) is 15.7. The highest BCUT2D eigenvalue weighted by atomic mass is 32.2. The Morgan fingerprint density at radius 3 is 2.43 bits per heavy atom. The topological polar surface area (TPSA) is 88.4 Å². The maximum atomic E-state index is 14.0. The number of pyridine rings is 1. The number of carbonyl (C=O) groups excluding carboxylic acids is 1. The number of halogens is 1. The molecule has 1 saturated heterocycles. The van der Waals surface area contributed by atoms with Crippen LogP contribution in [0.5, 0.6) is 0 Å². The van der Waals surface area contributed by atoms with E-state index in [1.165, 1.54) is 22.5 Å². The second kappa shape index (κ2) is 7.44. The number of aromatic nitrogens is 3. The third kappa shape index (κ3) is 3.35. The Morgan fingerprint density at radius 1 is 1.10 bits per heavy atom. The van der Waals surface area contributed by atoms with Crippen LogP contribution in [0.2, 0.25) is 0 Å². The summed E-state index contributed by atoms with van der Waals surface area (Å²) in [5, 5.41) is 5.07. The maximum absolute atomic E-state index is 14.0. The number of hydrogen-bond acceptors (Lipinski definition) is 5. The largest absolute Gasteiger partial charge is 0.336 e. The van der Waals surface area contributed by atoms with Crippen LogP contribution < -0.4 is 0 Å². The van der Waals surface area contributed by atoms with Crippen molar-refractivity contribution in [2.24, 2.45) is 7.05 Å². The third-order valence-corrected chi connectivity index (χ3v) is 7.24. The number of amides is 1. The van der Waals surface area contributed by atoms with Gasteiger partial charge in [-0.3, -0.25) is 9.48 Å². The van der Waals surface area contributed by atoms with Gasteiger partial charge >= 0.3 is 0 Å². The van der Waals surface area contributed by atoms with Gasteiger partial charge in [-0.25, -0.2) is 17.8 Å². The molecule has 0 saturated carbocycles. The van der Waals surface area contributed by atoms with E-state index < -0.39 is 15.8 Å². The number of sulfonamides is 1. The van der Waals surface area contributed by atoms with Gasteiger partial charge < -0.3 is 4.90 Å². The summed E-state index contributed by atoms with van der Waals surface area (Å²) in [7, 11) is -2.17. The monoisotopic (exact) mass is 431 g/mol. The van der Waals surface area contributed by atoms with Crippen LogP contribution in [0.1, 0.15) is 21.7 Å². The van der Waals surface area contributed by atoms with E-state index in [4.69, 9.17) is 0 Å². The lowest BCUT2D eigenvalue weighted by molar-refractivity contribution is 0.0699. The number of piperazine rings is 1. The van der Waals surface area contributed by atoms with Crippen molar-refractivity contribution in [1.29, 1.82) is 0 Å².